The van der Waals surface area contributed by atoms with E-state index < -0.39 is 0 Å². The van der Waals surface area contributed by atoms with Crippen LogP contribution in [0.5, 0.6) is 0 Å². The molecule has 2 aromatic heterocycles. The van der Waals surface area contributed by atoms with Crippen LogP contribution in [0.3, 0.4) is 0 Å². The van der Waals surface area contributed by atoms with Crippen LogP contribution in [0, 0.1) is 0 Å². The largest absolute Gasteiger partial charge is 0.369 e. The number of anilines is 1. The van der Waals surface area contributed by atoms with Crippen molar-refractivity contribution in [2.75, 3.05) is 11.9 Å². The number of nitrogens with one attached hydrogen (secondary N) is 1. The summed E-state index contributed by atoms with van der Waals surface area (Å²) >= 11 is 0. The first-order valence-electron chi connectivity index (χ1n) is 7.69. The molecule has 3 heterocycles. The van der Waals surface area contributed by atoms with Crippen LogP contribution in [0.25, 0.3) is 0 Å². The number of allylic oxidation sites excluding steroid dienone is 2. The quantitative estimate of drug-likeness (QED) is 0.879. The second-order valence-corrected chi connectivity index (χ2v) is 6.09. The Balaban J connectivity index is 1.64. The third-order valence-electron chi connectivity index (χ3n) is 4.52. The first kappa shape index (κ1) is 12.6. The van der Waals surface area contributed by atoms with Gasteiger partial charge in [0.15, 0.2) is 0 Å². The highest BCUT2D eigenvalue weighted by atomic mass is 15.2. The zero-order chi connectivity index (χ0) is 14.2. The molecule has 2 aromatic rings. The summed E-state index contributed by atoms with van der Waals surface area (Å²) in [5.41, 5.74) is 5.49. The highest BCUT2D eigenvalue weighted by molar-refractivity contribution is 5.56. The average Bonchev–Trinajstić information content (AvgIpc) is 3.19. The summed E-state index contributed by atoms with van der Waals surface area (Å²) in [6.45, 7) is 0.917. The first-order valence-corrected chi connectivity index (χ1v) is 7.69. The number of hydrogen-bond donors (Lipinski definition) is 1. The van der Waals surface area contributed by atoms with Crippen molar-refractivity contribution < 1.29 is 0 Å². The van der Waals surface area contributed by atoms with Gasteiger partial charge in [-0.15, -0.1) is 0 Å². The minimum atomic E-state index is 0.374. The van der Waals surface area contributed by atoms with Crippen molar-refractivity contribution in [3.8, 4) is 0 Å². The van der Waals surface area contributed by atoms with E-state index in [1.54, 1.807) is 5.57 Å². The fourth-order valence-corrected chi connectivity index (χ4v) is 3.42. The molecule has 2 aliphatic rings. The Morgan fingerprint density at radius 2 is 2.33 bits per heavy atom. The van der Waals surface area contributed by atoms with Crippen LogP contribution >= 0.6 is 0 Å². The van der Waals surface area contributed by atoms with Gasteiger partial charge in [0.2, 0.25) is 0 Å². The van der Waals surface area contributed by atoms with Gasteiger partial charge in [-0.25, -0.2) is 4.98 Å². The van der Waals surface area contributed by atoms with E-state index in [-0.39, 0.29) is 0 Å². The molecule has 21 heavy (non-hydrogen) atoms. The number of aryl methyl sites for hydroxylation is 1. The van der Waals surface area contributed by atoms with Crippen LogP contribution < -0.4 is 5.32 Å². The summed E-state index contributed by atoms with van der Waals surface area (Å²) in [5, 5.41) is 7.72. The summed E-state index contributed by atoms with van der Waals surface area (Å²) in [4.78, 5) is 4.62. The number of fused-ring (bicyclic) bond motifs is 1. The van der Waals surface area contributed by atoms with E-state index in [0.29, 0.717) is 5.92 Å². The Labute approximate surface area is 124 Å². The smallest absolute Gasteiger partial charge is 0.129 e. The van der Waals surface area contributed by atoms with Gasteiger partial charge in [-0.2, -0.15) is 5.10 Å². The zero-order valence-corrected chi connectivity index (χ0v) is 12.3. The highest BCUT2D eigenvalue weighted by Crippen LogP contribution is 2.35. The van der Waals surface area contributed by atoms with Gasteiger partial charge in [-0.3, -0.25) is 4.68 Å². The summed E-state index contributed by atoms with van der Waals surface area (Å²) < 4.78 is 1.87. The van der Waals surface area contributed by atoms with Gasteiger partial charge in [0, 0.05) is 37.5 Å². The fraction of sp³-hybridized carbons (Fsp3) is 0.412. The predicted molar refractivity (Wildman–Crippen MR) is 83.4 cm³/mol. The molecule has 0 saturated heterocycles. The molecule has 1 atom stereocenters. The standard InChI is InChI=1S/C17H20N4/c1-21-11-14(9-20-21)16-10-19-17-15(16)7-13(8-18-17)6-12-4-2-3-5-12/h4,7-9,11,16H,2-3,5-6,10H2,1H3,(H,18,19). The van der Waals surface area contributed by atoms with Gasteiger partial charge in [0.25, 0.3) is 0 Å². The van der Waals surface area contributed by atoms with Gasteiger partial charge in [-0.05, 0) is 42.9 Å². The number of hydrogen-bond acceptors (Lipinski definition) is 3. The zero-order valence-electron chi connectivity index (χ0n) is 12.3. The second-order valence-electron chi connectivity index (χ2n) is 6.09. The number of aromatic nitrogens is 3. The summed E-state index contributed by atoms with van der Waals surface area (Å²) in [5.74, 6) is 1.41. The van der Waals surface area contributed by atoms with Gasteiger partial charge >= 0.3 is 0 Å². The lowest BCUT2D eigenvalue weighted by atomic mass is 9.95. The van der Waals surface area contributed by atoms with E-state index in [2.05, 4.69) is 33.7 Å². The van der Waals surface area contributed by atoms with Crippen molar-refractivity contribution in [3.05, 3.63) is 53.0 Å². The van der Waals surface area contributed by atoms with E-state index in [9.17, 15) is 0 Å². The van der Waals surface area contributed by atoms with Crippen molar-refractivity contribution in [2.24, 2.45) is 7.05 Å². The average molecular weight is 280 g/mol. The van der Waals surface area contributed by atoms with E-state index in [4.69, 9.17) is 0 Å². The van der Waals surface area contributed by atoms with E-state index >= 15 is 0 Å². The van der Waals surface area contributed by atoms with Gasteiger partial charge in [-0.1, -0.05) is 11.6 Å². The van der Waals surface area contributed by atoms with Crippen LogP contribution in [0.4, 0.5) is 5.82 Å². The molecule has 0 saturated carbocycles. The summed E-state index contributed by atoms with van der Waals surface area (Å²) in [7, 11) is 1.97. The molecule has 0 fully saturated rings. The highest BCUT2D eigenvalue weighted by Gasteiger charge is 2.26. The lowest BCUT2D eigenvalue weighted by molar-refractivity contribution is 0.765. The van der Waals surface area contributed by atoms with Crippen LogP contribution in [-0.4, -0.2) is 21.3 Å². The third-order valence-corrected chi connectivity index (χ3v) is 4.52. The minimum Gasteiger partial charge on any atom is -0.369 e. The Kier molecular flexibility index (Phi) is 3.02. The number of pyridine rings is 1. The lowest BCUT2D eigenvalue weighted by Gasteiger charge is -2.09. The topological polar surface area (TPSA) is 42.7 Å². The Morgan fingerprint density at radius 3 is 3.10 bits per heavy atom. The molecule has 1 unspecified atom stereocenters. The molecule has 1 aliphatic heterocycles. The van der Waals surface area contributed by atoms with E-state index in [1.807, 2.05) is 24.1 Å². The third kappa shape index (κ3) is 2.35. The SMILES string of the molecule is Cn1cc(C2CNc3ncc(CC4=CCCC4)cc32)cn1. The van der Waals surface area contributed by atoms with Crippen LogP contribution in [0.15, 0.2) is 36.3 Å². The number of rotatable bonds is 3. The molecule has 108 valence electrons. The molecule has 0 spiro atoms. The van der Waals surface area contributed by atoms with Crippen LogP contribution in [-0.2, 0) is 13.5 Å². The van der Waals surface area contributed by atoms with Gasteiger partial charge < -0.3 is 5.32 Å². The van der Waals surface area contributed by atoms with Gasteiger partial charge in [0.1, 0.15) is 5.82 Å². The Hall–Kier alpha value is -2.10. The van der Waals surface area contributed by atoms with Crippen molar-refractivity contribution in [1.29, 1.82) is 0 Å². The molecule has 0 radical (unpaired) electrons. The van der Waals surface area contributed by atoms with Crippen molar-refractivity contribution in [3.63, 3.8) is 0 Å². The van der Waals surface area contributed by atoms with E-state index in [1.165, 1.54) is 36.0 Å². The molecular weight excluding hydrogens is 260 g/mol. The summed E-state index contributed by atoms with van der Waals surface area (Å²) in [6, 6.07) is 2.33. The van der Waals surface area contributed by atoms with Crippen LogP contribution in [0.2, 0.25) is 0 Å². The fourth-order valence-electron chi connectivity index (χ4n) is 3.42. The Morgan fingerprint density at radius 1 is 1.38 bits per heavy atom. The molecule has 0 amide bonds. The maximum atomic E-state index is 4.62. The lowest BCUT2D eigenvalue weighted by Crippen LogP contribution is -2.02. The van der Waals surface area contributed by atoms with Crippen LogP contribution in [0.1, 0.15) is 41.9 Å². The monoisotopic (exact) mass is 280 g/mol. The minimum absolute atomic E-state index is 0.374. The molecule has 1 N–H and O–H groups in total. The molecular formula is C17H20N4. The van der Waals surface area contributed by atoms with Crippen molar-refractivity contribution >= 4 is 5.82 Å². The second kappa shape index (κ2) is 5.02. The van der Waals surface area contributed by atoms with Crippen molar-refractivity contribution in [1.82, 2.24) is 14.8 Å². The maximum Gasteiger partial charge on any atom is 0.129 e. The first-order chi connectivity index (χ1) is 10.3. The predicted octanol–water partition coefficient (Wildman–Crippen LogP) is 3.03. The molecule has 4 nitrogen and oxygen atoms in total. The Bertz CT molecular complexity index is 699. The molecule has 4 heteroatoms. The summed E-state index contributed by atoms with van der Waals surface area (Å²) in [6.07, 6.45) is 13.4. The normalized spacial score (nSPS) is 20.2. The van der Waals surface area contributed by atoms with Gasteiger partial charge in [0.05, 0.1) is 6.20 Å². The molecule has 0 bridgehead atoms. The molecule has 0 aromatic carbocycles. The van der Waals surface area contributed by atoms with E-state index in [0.717, 1.165) is 18.8 Å². The molecule has 1 aliphatic carbocycles. The maximum absolute atomic E-state index is 4.62. The van der Waals surface area contributed by atoms with Crippen molar-refractivity contribution in [2.45, 2.75) is 31.6 Å². The number of nitrogens with zero attached hydrogens (tertiary/aromatic N) is 3. The molecule has 4 rings (SSSR count).